The first-order chi connectivity index (χ1) is 12.5. The summed E-state index contributed by atoms with van der Waals surface area (Å²) in [6.45, 7) is 11.9. The van der Waals surface area contributed by atoms with Crippen molar-refractivity contribution < 1.29 is 19.5 Å². The quantitative estimate of drug-likeness (QED) is 0.214. The smallest absolute Gasteiger partial charge is 0.105 e. The highest BCUT2D eigenvalue weighted by Crippen LogP contribution is 2.19. The first kappa shape index (κ1) is 25.1. The molecule has 4 heteroatoms. The Labute approximate surface area is 161 Å². The molecule has 0 aromatic carbocycles. The van der Waals surface area contributed by atoms with Crippen molar-refractivity contribution in [2.75, 3.05) is 26.2 Å². The van der Waals surface area contributed by atoms with E-state index in [4.69, 9.17) is 0 Å². The fraction of sp³-hybridized carbons (Fsp3) is 0.864. The summed E-state index contributed by atoms with van der Waals surface area (Å²) in [6.07, 6.45) is 13.4. The molecule has 0 spiro atoms. The number of carboxylic acids is 1. The predicted molar refractivity (Wildman–Crippen MR) is 108 cm³/mol. The molecule has 1 N–H and O–H groups in total. The predicted octanol–water partition coefficient (Wildman–Crippen LogP) is 3.82. The lowest BCUT2D eigenvalue weighted by atomic mass is 10.1. The number of rotatable bonds is 19. The number of allylic oxidation sites excluding steroid dienone is 1. The molecule has 0 saturated heterocycles. The Bertz CT molecular complexity index is 347. The van der Waals surface area contributed by atoms with E-state index in [1.54, 1.807) is 0 Å². The van der Waals surface area contributed by atoms with Crippen molar-refractivity contribution in [2.45, 2.75) is 97.0 Å². The fourth-order valence-electron chi connectivity index (χ4n) is 3.77. The molecule has 0 saturated carbocycles. The van der Waals surface area contributed by atoms with Crippen molar-refractivity contribution >= 4 is 5.97 Å². The molecule has 0 rings (SSSR count). The lowest BCUT2D eigenvalue weighted by molar-refractivity contribution is -0.931. The van der Waals surface area contributed by atoms with Gasteiger partial charge in [-0.2, -0.15) is 0 Å². The number of hydrogen-bond acceptors (Lipinski definition) is 3. The zero-order chi connectivity index (χ0) is 19.7. The Morgan fingerprint density at radius 3 is 2.08 bits per heavy atom. The monoisotopic (exact) mass is 369 g/mol. The second-order valence-electron chi connectivity index (χ2n) is 7.81. The molecule has 0 aliphatic rings. The number of aliphatic hydroxyl groups is 1. The largest absolute Gasteiger partial charge is 0.550 e. The molecule has 154 valence electrons. The summed E-state index contributed by atoms with van der Waals surface area (Å²) >= 11 is 0. The average Bonchev–Trinajstić information content (AvgIpc) is 2.59. The third kappa shape index (κ3) is 13.3. The van der Waals surface area contributed by atoms with Crippen LogP contribution in [0.25, 0.3) is 0 Å². The van der Waals surface area contributed by atoms with Crippen LogP contribution in [0.1, 0.15) is 90.9 Å². The van der Waals surface area contributed by atoms with Gasteiger partial charge in [-0.25, -0.2) is 0 Å². The molecule has 0 radical (unpaired) electrons. The molecule has 0 aromatic rings. The number of hydrogen-bond donors (Lipinski definition) is 1. The van der Waals surface area contributed by atoms with Crippen molar-refractivity contribution in [1.82, 2.24) is 0 Å². The normalized spacial score (nSPS) is 12.9. The number of aliphatic hydroxyl groups excluding tert-OH is 1. The summed E-state index contributed by atoms with van der Waals surface area (Å²) in [5, 5.41) is 21.5. The Morgan fingerprint density at radius 1 is 1.00 bits per heavy atom. The van der Waals surface area contributed by atoms with Gasteiger partial charge in [0, 0.05) is 12.4 Å². The highest BCUT2D eigenvalue weighted by molar-refractivity contribution is 5.64. The molecule has 0 amide bonds. The van der Waals surface area contributed by atoms with Gasteiger partial charge >= 0.3 is 0 Å². The van der Waals surface area contributed by atoms with Gasteiger partial charge in [0.15, 0.2) is 0 Å². The molecule has 26 heavy (non-hydrogen) atoms. The molecule has 1 atom stereocenters. The molecule has 0 aliphatic carbocycles. The van der Waals surface area contributed by atoms with Gasteiger partial charge in [0.2, 0.25) is 0 Å². The maximum absolute atomic E-state index is 10.9. The van der Waals surface area contributed by atoms with Crippen molar-refractivity contribution in [3.63, 3.8) is 0 Å². The Hall–Kier alpha value is -0.870. The molecule has 0 heterocycles. The number of carboxylic acid groups (broad SMARTS) is 1. The zero-order valence-corrected chi connectivity index (χ0v) is 17.4. The number of quaternary nitrogens is 1. The summed E-state index contributed by atoms with van der Waals surface area (Å²) < 4.78 is 0.871. The highest BCUT2D eigenvalue weighted by Gasteiger charge is 2.29. The van der Waals surface area contributed by atoms with Crippen LogP contribution in [0.4, 0.5) is 0 Å². The molecular formula is C22H43NO3. The van der Waals surface area contributed by atoms with Gasteiger partial charge in [-0.15, -0.1) is 6.58 Å². The topological polar surface area (TPSA) is 60.4 Å². The van der Waals surface area contributed by atoms with Crippen LogP contribution in [-0.4, -0.2) is 47.8 Å². The second kappa shape index (κ2) is 16.3. The molecule has 4 nitrogen and oxygen atoms in total. The lowest BCUT2D eigenvalue weighted by Crippen LogP contribution is -2.54. The summed E-state index contributed by atoms with van der Waals surface area (Å²) in [5.74, 6) is -0.963. The van der Waals surface area contributed by atoms with Crippen LogP contribution >= 0.6 is 0 Å². The number of unbranched alkanes of at least 4 members (excludes halogenated alkanes) is 6. The highest BCUT2D eigenvalue weighted by atomic mass is 16.4. The van der Waals surface area contributed by atoms with E-state index in [1.165, 1.54) is 25.7 Å². The van der Waals surface area contributed by atoms with Crippen LogP contribution in [0.15, 0.2) is 12.7 Å². The maximum atomic E-state index is 10.9. The Kier molecular flexibility index (Phi) is 15.8. The minimum Gasteiger partial charge on any atom is -0.550 e. The van der Waals surface area contributed by atoms with E-state index in [0.717, 1.165) is 69.2 Å². The summed E-state index contributed by atoms with van der Waals surface area (Å²) in [4.78, 5) is 10.9. The van der Waals surface area contributed by atoms with E-state index in [9.17, 15) is 15.0 Å². The van der Waals surface area contributed by atoms with Gasteiger partial charge in [0.1, 0.15) is 12.6 Å². The Balaban J connectivity index is 4.86. The van der Waals surface area contributed by atoms with Crippen molar-refractivity contribution in [3.8, 4) is 0 Å². The molecule has 0 aromatic heterocycles. The standard InChI is InChI=1S/C22H43NO3/c1-4-7-10-11-15-21(24)20-23(17-12-8-5-2,18-13-9-6-3)19-14-16-22(25)26/h4,21,24H,1,5-20H2,2-3H3. The minimum absolute atomic E-state index is 0.122. The van der Waals surface area contributed by atoms with Crippen molar-refractivity contribution in [2.24, 2.45) is 0 Å². The van der Waals surface area contributed by atoms with Gasteiger partial charge in [-0.05, 0) is 51.4 Å². The number of carbonyl (C=O) groups is 1. The van der Waals surface area contributed by atoms with E-state index >= 15 is 0 Å². The minimum atomic E-state index is -0.963. The number of carbonyl (C=O) groups excluding carboxylic acids is 1. The van der Waals surface area contributed by atoms with Crippen molar-refractivity contribution in [3.05, 3.63) is 12.7 Å². The molecular weight excluding hydrogens is 326 g/mol. The fourth-order valence-corrected chi connectivity index (χ4v) is 3.77. The van der Waals surface area contributed by atoms with Crippen LogP contribution in [0.2, 0.25) is 0 Å². The number of nitrogens with zero attached hydrogens (tertiary/aromatic N) is 1. The van der Waals surface area contributed by atoms with Crippen molar-refractivity contribution in [1.29, 1.82) is 0 Å². The van der Waals surface area contributed by atoms with Crippen LogP contribution in [0.3, 0.4) is 0 Å². The maximum Gasteiger partial charge on any atom is 0.105 e. The van der Waals surface area contributed by atoms with E-state index in [-0.39, 0.29) is 12.5 Å². The summed E-state index contributed by atoms with van der Waals surface area (Å²) in [5.41, 5.74) is 0. The van der Waals surface area contributed by atoms with Gasteiger partial charge < -0.3 is 19.5 Å². The van der Waals surface area contributed by atoms with E-state index in [1.807, 2.05) is 6.08 Å². The molecule has 1 unspecified atom stereocenters. The van der Waals surface area contributed by atoms with Crippen LogP contribution in [0.5, 0.6) is 0 Å². The van der Waals surface area contributed by atoms with Crippen LogP contribution < -0.4 is 5.11 Å². The number of aliphatic carboxylic acids is 1. The Morgan fingerprint density at radius 2 is 1.58 bits per heavy atom. The second-order valence-corrected chi connectivity index (χ2v) is 7.81. The van der Waals surface area contributed by atoms with E-state index in [0.29, 0.717) is 6.42 Å². The summed E-state index contributed by atoms with van der Waals surface area (Å²) in [7, 11) is 0. The van der Waals surface area contributed by atoms with Gasteiger partial charge in [-0.1, -0.05) is 39.2 Å². The average molecular weight is 370 g/mol. The van der Waals surface area contributed by atoms with Gasteiger partial charge in [0.05, 0.1) is 19.6 Å². The summed E-state index contributed by atoms with van der Waals surface area (Å²) in [6, 6.07) is 0. The molecule has 0 fully saturated rings. The SMILES string of the molecule is C=CCCCCC(O)C[N+](CCCCC)(CCCCC)CCCC(=O)[O-]. The van der Waals surface area contributed by atoms with Crippen LogP contribution in [0, 0.1) is 0 Å². The lowest BCUT2D eigenvalue weighted by Gasteiger charge is -2.41. The van der Waals surface area contributed by atoms with Gasteiger partial charge in [-0.3, -0.25) is 0 Å². The molecule has 0 bridgehead atoms. The van der Waals surface area contributed by atoms with E-state index < -0.39 is 5.97 Å². The zero-order valence-electron chi connectivity index (χ0n) is 17.4. The molecule has 0 aliphatic heterocycles. The first-order valence-electron chi connectivity index (χ1n) is 10.8. The van der Waals surface area contributed by atoms with Crippen LogP contribution in [-0.2, 0) is 4.79 Å². The van der Waals surface area contributed by atoms with E-state index in [2.05, 4.69) is 20.4 Å². The third-order valence-corrected chi connectivity index (χ3v) is 5.28. The van der Waals surface area contributed by atoms with Gasteiger partial charge in [0.25, 0.3) is 0 Å². The third-order valence-electron chi connectivity index (χ3n) is 5.28. The first-order valence-corrected chi connectivity index (χ1v) is 10.8.